The van der Waals surface area contributed by atoms with E-state index < -0.39 is 0 Å². The molecule has 3 aromatic rings. The van der Waals surface area contributed by atoms with Crippen molar-refractivity contribution in [2.75, 3.05) is 44.7 Å². The molecule has 3 heterocycles. The second-order valence-corrected chi connectivity index (χ2v) is 14.0. The minimum Gasteiger partial charge on any atom is -0.480 e. The van der Waals surface area contributed by atoms with Crippen LogP contribution in [-0.2, 0) is 6.54 Å². The zero-order valence-corrected chi connectivity index (χ0v) is 27.2. The molecule has 6 rings (SSSR count). The number of rotatable bonds is 9. The molecule has 2 N–H and O–H groups in total. The summed E-state index contributed by atoms with van der Waals surface area (Å²) in [7, 11) is 1.73. The molecule has 1 atom stereocenters. The SMILES string of the molecule is COc1nn(C(C)C)cc1CN1CCN(C2CC3(CCN(c4ccc(C(N)=O)cc4)CC3)C2)C(c2ccccc2C(C)C)C1. The predicted octanol–water partition coefficient (Wildman–Crippen LogP) is 6.00. The van der Waals surface area contributed by atoms with E-state index in [0.717, 1.165) is 45.1 Å². The maximum Gasteiger partial charge on any atom is 0.248 e. The highest BCUT2D eigenvalue weighted by molar-refractivity contribution is 5.93. The Morgan fingerprint density at radius 2 is 1.70 bits per heavy atom. The number of carbonyl (C=O) groups is 1. The smallest absolute Gasteiger partial charge is 0.248 e. The first-order valence-corrected chi connectivity index (χ1v) is 16.5. The lowest BCUT2D eigenvalue weighted by Crippen LogP contribution is -2.60. The van der Waals surface area contributed by atoms with Crippen molar-refractivity contribution in [2.24, 2.45) is 11.1 Å². The number of aromatic nitrogens is 2. The summed E-state index contributed by atoms with van der Waals surface area (Å²) < 4.78 is 7.71. The first-order chi connectivity index (χ1) is 21.2. The second kappa shape index (κ2) is 12.6. The number of carbonyl (C=O) groups excluding carboxylic acids is 1. The second-order valence-electron chi connectivity index (χ2n) is 14.0. The molecule has 0 radical (unpaired) electrons. The van der Waals surface area contributed by atoms with Crippen LogP contribution >= 0.6 is 0 Å². The summed E-state index contributed by atoms with van der Waals surface area (Å²) in [5.74, 6) is 0.866. The summed E-state index contributed by atoms with van der Waals surface area (Å²) in [5, 5.41) is 4.69. The van der Waals surface area contributed by atoms with E-state index in [1.165, 1.54) is 48.1 Å². The van der Waals surface area contributed by atoms with Gasteiger partial charge in [0.2, 0.25) is 11.8 Å². The van der Waals surface area contributed by atoms with Crippen molar-refractivity contribution in [1.82, 2.24) is 19.6 Å². The van der Waals surface area contributed by atoms with Gasteiger partial charge in [0.15, 0.2) is 0 Å². The number of piperidine rings is 1. The lowest BCUT2D eigenvalue weighted by Gasteiger charge is -2.58. The van der Waals surface area contributed by atoms with E-state index in [9.17, 15) is 4.79 Å². The van der Waals surface area contributed by atoms with Gasteiger partial charge in [-0.05, 0) is 86.3 Å². The fourth-order valence-electron chi connectivity index (χ4n) is 7.91. The molecule has 44 heavy (non-hydrogen) atoms. The van der Waals surface area contributed by atoms with Gasteiger partial charge in [-0.15, -0.1) is 5.10 Å². The van der Waals surface area contributed by atoms with Gasteiger partial charge in [-0.25, -0.2) is 0 Å². The molecule has 3 fully saturated rings. The number of primary amides is 1. The number of anilines is 1. The Bertz CT molecular complexity index is 1430. The topological polar surface area (TPSA) is 79.9 Å². The van der Waals surface area contributed by atoms with Gasteiger partial charge in [0.1, 0.15) is 0 Å². The molecule has 1 aliphatic carbocycles. The van der Waals surface area contributed by atoms with Gasteiger partial charge in [0.25, 0.3) is 0 Å². The van der Waals surface area contributed by atoms with Crippen LogP contribution in [0.25, 0.3) is 0 Å². The monoisotopic (exact) mass is 598 g/mol. The Morgan fingerprint density at radius 3 is 2.34 bits per heavy atom. The number of ether oxygens (including phenoxy) is 1. The third-order valence-electron chi connectivity index (χ3n) is 10.5. The third kappa shape index (κ3) is 6.11. The quantitative estimate of drug-likeness (QED) is 0.325. The molecule has 3 aliphatic rings. The summed E-state index contributed by atoms with van der Waals surface area (Å²) in [6, 6.07) is 18.2. The Kier molecular flexibility index (Phi) is 8.75. The van der Waals surface area contributed by atoms with Crippen LogP contribution in [0.2, 0.25) is 0 Å². The molecule has 1 saturated carbocycles. The molecular weight excluding hydrogens is 548 g/mol. The van der Waals surface area contributed by atoms with Crippen LogP contribution in [0, 0.1) is 5.41 Å². The van der Waals surface area contributed by atoms with E-state index in [-0.39, 0.29) is 5.91 Å². The fraction of sp³-hybridized carbons (Fsp3) is 0.556. The first kappa shape index (κ1) is 30.7. The number of amides is 1. The van der Waals surface area contributed by atoms with E-state index >= 15 is 0 Å². The van der Waals surface area contributed by atoms with E-state index in [4.69, 9.17) is 15.6 Å². The van der Waals surface area contributed by atoms with Gasteiger partial charge in [-0.3, -0.25) is 19.3 Å². The highest BCUT2D eigenvalue weighted by Crippen LogP contribution is 2.53. The summed E-state index contributed by atoms with van der Waals surface area (Å²) in [6.07, 6.45) is 7.20. The largest absolute Gasteiger partial charge is 0.480 e. The lowest BCUT2D eigenvalue weighted by molar-refractivity contribution is -0.0628. The molecule has 236 valence electrons. The van der Waals surface area contributed by atoms with Crippen molar-refractivity contribution in [1.29, 1.82) is 0 Å². The summed E-state index contributed by atoms with van der Waals surface area (Å²) >= 11 is 0. The van der Waals surface area contributed by atoms with E-state index in [1.54, 1.807) is 7.11 Å². The minimum absolute atomic E-state index is 0.306. The summed E-state index contributed by atoms with van der Waals surface area (Å²) in [4.78, 5) is 19.4. The van der Waals surface area contributed by atoms with Crippen LogP contribution in [0.1, 0.15) is 98.4 Å². The van der Waals surface area contributed by atoms with Crippen LogP contribution in [0.4, 0.5) is 5.69 Å². The summed E-state index contributed by atoms with van der Waals surface area (Å²) in [5.41, 5.74) is 11.8. The number of hydrogen-bond donors (Lipinski definition) is 1. The average Bonchev–Trinajstić information content (AvgIpc) is 3.43. The fourth-order valence-corrected chi connectivity index (χ4v) is 7.91. The number of nitrogens with zero attached hydrogens (tertiary/aromatic N) is 5. The normalized spacial score (nSPS) is 21.2. The van der Waals surface area contributed by atoms with Crippen molar-refractivity contribution >= 4 is 11.6 Å². The van der Waals surface area contributed by atoms with Gasteiger partial charge in [-0.2, -0.15) is 0 Å². The molecule has 1 aromatic heterocycles. The maximum absolute atomic E-state index is 11.5. The Labute approximate surface area is 263 Å². The first-order valence-electron chi connectivity index (χ1n) is 16.5. The van der Waals surface area contributed by atoms with Gasteiger partial charge in [0, 0.05) is 80.4 Å². The molecule has 0 bridgehead atoms. The van der Waals surface area contributed by atoms with E-state index in [1.807, 2.05) is 28.9 Å². The Balaban J connectivity index is 1.15. The van der Waals surface area contributed by atoms with Gasteiger partial charge in [0.05, 0.1) is 7.11 Å². The highest BCUT2D eigenvalue weighted by Gasteiger charge is 2.50. The molecule has 2 aliphatic heterocycles. The Hall–Kier alpha value is -3.36. The number of piperazine rings is 1. The van der Waals surface area contributed by atoms with Crippen molar-refractivity contribution in [3.63, 3.8) is 0 Å². The maximum atomic E-state index is 11.5. The third-order valence-corrected chi connectivity index (χ3v) is 10.5. The molecule has 2 aromatic carbocycles. The van der Waals surface area contributed by atoms with Crippen molar-refractivity contribution < 1.29 is 9.53 Å². The number of nitrogens with two attached hydrogens (primary N) is 1. The van der Waals surface area contributed by atoms with Crippen LogP contribution in [-0.4, -0.2) is 71.4 Å². The van der Waals surface area contributed by atoms with Crippen LogP contribution in [0.15, 0.2) is 54.7 Å². The predicted molar refractivity (Wildman–Crippen MR) is 176 cm³/mol. The Morgan fingerprint density at radius 1 is 1.00 bits per heavy atom. The van der Waals surface area contributed by atoms with E-state index in [0.29, 0.717) is 35.0 Å². The highest BCUT2D eigenvalue weighted by atomic mass is 16.5. The average molecular weight is 599 g/mol. The number of methoxy groups -OCH3 is 1. The molecular formula is C36H50N6O2. The molecule has 1 unspecified atom stereocenters. The van der Waals surface area contributed by atoms with Gasteiger partial charge >= 0.3 is 0 Å². The number of hydrogen-bond acceptors (Lipinski definition) is 6. The molecule has 1 spiro atoms. The van der Waals surface area contributed by atoms with Crippen molar-refractivity contribution in [3.8, 4) is 5.88 Å². The lowest BCUT2D eigenvalue weighted by atomic mass is 9.59. The zero-order valence-electron chi connectivity index (χ0n) is 27.2. The summed E-state index contributed by atoms with van der Waals surface area (Å²) in [6.45, 7) is 15.1. The van der Waals surface area contributed by atoms with Crippen LogP contribution in [0.5, 0.6) is 5.88 Å². The number of benzene rings is 2. The zero-order chi connectivity index (χ0) is 31.0. The van der Waals surface area contributed by atoms with Crippen LogP contribution in [0.3, 0.4) is 0 Å². The minimum atomic E-state index is -0.369. The van der Waals surface area contributed by atoms with E-state index in [2.05, 4.69) is 72.9 Å². The van der Waals surface area contributed by atoms with Crippen LogP contribution < -0.4 is 15.4 Å². The van der Waals surface area contributed by atoms with Crippen molar-refractivity contribution in [2.45, 2.75) is 84.0 Å². The molecule has 1 amide bonds. The van der Waals surface area contributed by atoms with Crippen molar-refractivity contribution in [3.05, 3.63) is 77.0 Å². The molecule has 8 heteroatoms. The molecule has 2 saturated heterocycles. The standard InChI is InChI=1S/C36H50N6O2/c1-25(2)31-8-6-7-9-32(31)33-24-39(22-28-23-42(26(3)4)38-35(28)44-5)18-19-41(33)30-20-36(21-30)14-16-40(17-15-36)29-12-10-27(11-13-29)34(37)43/h6-13,23,25-26,30,33H,14-22,24H2,1-5H3,(H2,37,43). The molecule has 8 nitrogen and oxygen atoms in total. The van der Waals surface area contributed by atoms with Gasteiger partial charge < -0.3 is 15.4 Å². The van der Waals surface area contributed by atoms with Gasteiger partial charge in [-0.1, -0.05) is 38.1 Å².